The summed E-state index contributed by atoms with van der Waals surface area (Å²) in [6.07, 6.45) is 1.56. The minimum atomic E-state index is 0.0647. The van der Waals surface area contributed by atoms with Crippen LogP contribution in [0.3, 0.4) is 0 Å². The summed E-state index contributed by atoms with van der Waals surface area (Å²) in [7, 11) is 0. The van der Waals surface area contributed by atoms with Gasteiger partial charge in [-0.05, 0) is 11.1 Å². The highest BCUT2D eigenvalue weighted by Crippen LogP contribution is 2.07. The van der Waals surface area contributed by atoms with Crippen molar-refractivity contribution in [1.82, 2.24) is 0 Å². The second kappa shape index (κ2) is 9.87. The second-order valence-electron chi connectivity index (χ2n) is 4.61. The zero-order valence-electron chi connectivity index (χ0n) is 12.3. The molecular formula is C18H19ClO3. The molecule has 0 aromatic heterocycles. The quantitative estimate of drug-likeness (QED) is 0.504. The molecule has 0 spiro atoms. The molecule has 0 aliphatic carbocycles. The van der Waals surface area contributed by atoms with E-state index >= 15 is 0 Å². The molecule has 0 heterocycles. The van der Waals surface area contributed by atoms with Crippen LogP contribution in [0.5, 0.6) is 0 Å². The van der Waals surface area contributed by atoms with Crippen LogP contribution in [-0.2, 0) is 27.4 Å². The summed E-state index contributed by atoms with van der Waals surface area (Å²) >= 11 is 5.61. The minimum Gasteiger partial charge on any atom is -0.493 e. The molecule has 0 bridgehead atoms. The summed E-state index contributed by atoms with van der Waals surface area (Å²) in [6, 6.07) is 19.9. The Bertz CT molecular complexity index is 555. The highest BCUT2D eigenvalue weighted by Gasteiger charge is 2.01. The average Bonchev–Trinajstić information content (AvgIpc) is 2.57. The number of alkyl halides is 1. The zero-order chi connectivity index (χ0) is 15.5. The first kappa shape index (κ1) is 16.4. The lowest BCUT2D eigenvalue weighted by atomic mass is 10.2. The van der Waals surface area contributed by atoms with E-state index in [9.17, 15) is 0 Å². The fourth-order valence-corrected chi connectivity index (χ4v) is 1.97. The van der Waals surface area contributed by atoms with Crippen LogP contribution in [-0.4, -0.2) is 12.7 Å². The van der Waals surface area contributed by atoms with Crippen molar-refractivity contribution in [2.45, 2.75) is 13.2 Å². The van der Waals surface area contributed by atoms with Crippen molar-refractivity contribution in [3.63, 3.8) is 0 Å². The molecule has 3 nitrogen and oxygen atoms in total. The summed E-state index contributed by atoms with van der Waals surface area (Å²) in [6.45, 7) is 1.31. The topological polar surface area (TPSA) is 27.7 Å². The number of benzene rings is 2. The third-order valence-corrected chi connectivity index (χ3v) is 3.01. The molecule has 0 unspecified atom stereocenters. The fraction of sp³-hybridized carbons (Fsp3) is 0.222. The number of ether oxygens (including phenoxy) is 3. The molecule has 4 heteroatoms. The molecule has 0 N–H and O–H groups in total. The van der Waals surface area contributed by atoms with Gasteiger partial charge >= 0.3 is 0 Å². The van der Waals surface area contributed by atoms with Gasteiger partial charge in [0.1, 0.15) is 19.5 Å². The van der Waals surface area contributed by atoms with E-state index in [4.69, 9.17) is 25.8 Å². The Morgan fingerprint density at radius 2 is 1.45 bits per heavy atom. The van der Waals surface area contributed by atoms with Crippen LogP contribution in [0.1, 0.15) is 11.1 Å². The Balaban J connectivity index is 1.77. The molecule has 2 aromatic carbocycles. The first-order chi connectivity index (χ1) is 10.9. The summed E-state index contributed by atoms with van der Waals surface area (Å²) < 4.78 is 16.4. The lowest BCUT2D eigenvalue weighted by Gasteiger charge is -2.09. The summed E-state index contributed by atoms with van der Waals surface area (Å²) in [5.74, 6) is 0.571. The number of hydrogen-bond acceptors (Lipinski definition) is 3. The summed E-state index contributed by atoms with van der Waals surface area (Å²) in [5, 5.41) is 0. The molecule has 0 aliphatic heterocycles. The van der Waals surface area contributed by atoms with Crippen LogP contribution in [0.25, 0.3) is 0 Å². The monoisotopic (exact) mass is 318 g/mol. The Labute approximate surface area is 136 Å². The van der Waals surface area contributed by atoms with Gasteiger partial charge in [-0.1, -0.05) is 72.3 Å². The molecular weight excluding hydrogens is 300 g/mol. The second-order valence-corrected chi connectivity index (χ2v) is 4.83. The highest BCUT2D eigenvalue weighted by molar-refractivity contribution is 6.17. The van der Waals surface area contributed by atoms with Gasteiger partial charge in [0.2, 0.25) is 0 Å². The first-order valence-corrected chi connectivity index (χ1v) is 7.57. The van der Waals surface area contributed by atoms with Gasteiger partial charge in [-0.3, -0.25) is 0 Å². The molecule has 0 saturated carbocycles. The molecule has 2 rings (SSSR count). The van der Waals surface area contributed by atoms with E-state index in [-0.39, 0.29) is 6.07 Å². The zero-order valence-corrected chi connectivity index (χ0v) is 13.0. The maximum atomic E-state index is 5.61. The molecule has 0 radical (unpaired) electrons. The van der Waals surface area contributed by atoms with Crippen molar-refractivity contribution in [3.05, 3.63) is 83.8 Å². The minimum absolute atomic E-state index is 0.0647. The maximum absolute atomic E-state index is 5.61. The van der Waals surface area contributed by atoms with Crippen molar-refractivity contribution in [2.24, 2.45) is 0 Å². The van der Waals surface area contributed by atoms with E-state index in [1.54, 1.807) is 6.26 Å². The first-order valence-electron chi connectivity index (χ1n) is 7.03. The van der Waals surface area contributed by atoms with E-state index in [0.717, 1.165) is 11.1 Å². The van der Waals surface area contributed by atoms with Crippen LogP contribution in [0, 0.1) is 0 Å². The maximum Gasteiger partial charge on any atom is 0.161 e. The SMILES string of the molecule is ClCOC(=COCc1ccccc1)COCc1ccccc1. The lowest BCUT2D eigenvalue weighted by molar-refractivity contribution is 0.0890. The third-order valence-electron chi connectivity index (χ3n) is 2.90. The molecule has 0 saturated heterocycles. The Kier molecular flexibility index (Phi) is 7.36. The van der Waals surface area contributed by atoms with Gasteiger partial charge in [0.05, 0.1) is 6.61 Å². The lowest BCUT2D eigenvalue weighted by Crippen LogP contribution is -2.03. The number of halogens is 1. The standard InChI is InChI=1S/C18H19ClO3/c19-15-22-18(13-20-11-16-7-3-1-4-8-16)14-21-12-17-9-5-2-6-10-17/h1-10,13H,11-12,14-15H2. The molecule has 2 aromatic rings. The van der Waals surface area contributed by atoms with Gasteiger partial charge in [-0.2, -0.15) is 0 Å². The average molecular weight is 319 g/mol. The van der Waals surface area contributed by atoms with E-state index in [1.165, 1.54) is 0 Å². The molecule has 22 heavy (non-hydrogen) atoms. The van der Waals surface area contributed by atoms with Crippen molar-refractivity contribution in [2.75, 3.05) is 12.7 Å². The van der Waals surface area contributed by atoms with E-state index in [2.05, 4.69) is 0 Å². The van der Waals surface area contributed by atoms with E-state index < -0.39 is 0 Å². The van der Waals surface area contributed by atoms with Crippen molar-refractivity contribution in [1.29, 1.82) is 0 Å². The van der Waals surface area contributed by atoms with Crippen molar-refractivity contribution < 1.29 is 14.2 Å². The Morgan fingerprint density at radius 1 is 0.864 bits per heavy atom. The number of rotatable bonds is 9. The van der Waals surface area contributed by atoms with Crippen LogP contribution >= 0.6 is 11.6 Å². The van der Waals surface area contributed by atoms with E-state index in [1.807, 2.05) is 60.7 Å². The number of hydrogen-bond donors (Lipinski definition) is 0. The predicted molar refractivity (Wildman–Crippen MR) is 87.2 cm³/mol. The van der Waals surface area contributed by atoms with Crippen LogP contribution in [0.2, 0.25) is 0 Å². The molecule has 0 atom stereocenters. The molecule has 0 fully saturated rings. The van der Waals surface area contributed by atoms with Crippen molar-refractivity contribution >= 4 is 11.6 Å². The van der Waals surface area contributed by atoms with Gasteiger partial charge in [-0.15, -0.1) is 0 Å². The van der Waals surface area contributed by atoms with Gasteiger partial charge < -0.3 is 14.2 Å². The van der Waals surface area contributed by atoms with Gasteiger partial charge in [-0.25, -0.2) is 0 Å². The Morgan fingerprint density at radius 3 is 2.05 bits per heavy atom. The van der Waals surface area contributed by atoms with Gasteiger partial charge in [0.25, 0.3) is 0 Å². The fourth-order valence-electron chi connectivity index (χ4n) is 1.83. The van der Waals surface area contributed by atoms with Crippen LogP contribution < -0.4 is 0 Å². The van der Waals surface area contributed by atoms with Crippen LogP contribution in [0.4, 0.5) is 0 Å². The largest absolute Gasteiger partial charge is 0.493 e. The van der Waals surface area contributed by atoms with Crippen LogP contribution in [0.15, 0.2) is 72.7 Å². The molecule has 0 aliphatic rings. The van der Waals surface area contributed by atoms with Gasteiger partial charge in [0.15, 0.2) is 11.8 Å². The van der Waals surface area contributed by atoms with Gasteiger partial charge in [0, 0.05) is 0 Å². The normalized spacial score (nSPS) is 11.2. The molecule has 0 amide bonds. The summed E-state index contributed by atoms with van der Waals surface area (Å²) in [5.41, 5.74) is 2.20. The predicted octanol–water partition coefficient (Wildman–Crippen LogP) is 4.47. The highest BCUT2D eigenvalue weighted by atomic mass is 35.5. The third kappa shape index (κ3) is 6.20. The Hall–Kier alpha value is -1.97. The van der Waals surface area contributed by atoms with Crippen molar-refractivity contribution in [3.8, 4) is 0 Å². The van der Waals surface area contributed by atoms with E-state index in [0.29, 0.717) is 25.6 Å². The summed E-state index contributed by atoms with van der Waals surface area (Å²) in [4.78, 5) is 0. The smallest absolute Gasteiger partial charge is 0.161 e. The molecule has 116 valence electrons.